The van der Waals surface area contributed by atoms with E-state index in [1.165, 1.54) is 0 Å². The molecule has 4 rings (SSSR count). The Morgan fingerprint density at radius 2 is 2.08 bits per heavy atom. The Morgan fingerprint density at radius 3 is 2.88 bits per heavy atom. The fourth-order valence-electron chi connectivity index (χ4n) is 2.78. The first-order valence-electron chi connectivity index (χ1n) is 8.05. The lowest BCUT2D eigenvalue weighted by molar-refractivity contribution is 1.03. The van der Waals surface area contributed by atoms with Gasteiger partial charge in [-0.25, -0.2) is 9.97 Å². The number of aromatic amines is 1. The summed E-state index contributed by atoms with van der Waals surface area (Å²) >= 11 is 0. The first-order chi connectivity index (χ1) is 12.2. The fraction of sp³-hybridized carbons (Fsp3) is 0.105. The second-order valence-corrected chi connectivity index (χ2v) is 5.90. The number of nitrogens with zero attached hydrogens (tertiary/aromatic N) is 3. The van der Waals surface area contributed by atoms with Gasteiger partial charge < -0.3 is 16.0 Å². The average molecular weight is 330 g/mol. The number of H-pyrrole nitrogens is 1. The van der Waals surface area contributed by atoms with E-state index in [0.29, 0.717) is 12.4 Å². The molecule has 4 N–H and O–H groups in total. The molecule has 124 valence electrons. The molecule has 4 heterocycles. The molecule has 4 aromatic heterocycles. The molecule has 0 atom stereocenters. The molecule has 6 nitrogen and oxygen atoms in total. The van der Waals surface area contributed by atoms with Crippen molar-refractivity contribution in [2.45, 2.75) is 13.5 Å². The Bertz CT molecular complexity index is 1020. The molecule has 4 aromatic rings. The fourth-order valence-corrected chi connectivity index (χ4v) is 2.78. The molecule has 0 aliphatic carbocycles. The molecule has 0 saturated carbocycles. The zero-order valence-corrected chi connectivity index (χ0v) is 13.8. The van der Waals surface area contributed by atoms with Crippen molar-refractivity contribution in [1.82, 2.24) is 19.9 Å². The number of hydrogen-bond acceptors (Lipinski definition) is 5. The molecule has 0 aromatic carbocycles. The number of rotatable bonds is 4. The lowest BCUT2D eigenvalue weighted by Crippen LogP contribution is -2.03. The SMILES string of the molecule is Cc1cc(-c2cc(NCc3ccccn3)nc3[nH]ccc23)cnc1N. The van der Waals surface area contributed by atoms with Crippen LogP contribution in [0.3, 0.4) is 0 Å². The molecule has 0 fully saturated rings. The molecule has 0 radical (unpaired) electrons. The van der Waals surface area contributed by atoms with Crippen molar-refractivity contribution in [2.24, 2.45) is 0 Å². The number of aromatic nitrogens is 4. The summed E-state index contributed by atoms with van der Waals surface area (Å²) in [4.78, 5) is 16.4. The molecule has 0 saturated heterocycles. The van der Waals surface area contributed by atoms with E-state index in [0.717, 1.165) is 39.2 Å². The van der Waals surface area contributed by atoms with E-state index in [2.05, 4.69) is 25.3 Å². The quantitative estimate of drug-likeness (QED) is 0.532. The Hall–Kier alpha value is -3.41. The predicted octanol–water partition coefficient (Wildman–Crippen LogP) is 3.52. The highest BCUT2D eigenvalue weighted by Crippen LogP contribution is 2.30. The van der Waals surface area contributed by atoms with Gasteiger partial charge in [-0.2, -0.15) is 0 Å². The summed E-state index contributed by atoms with van der Waals surface area (Å²) in [6.07, 6.45) is 5.47. The summed E-state index contributed by atoms with van der Waals surface area (Å²) in [6, 6.07) is 12.0. The van der Waals surface area contributed by atoms with E-state index in [1.807, 2.05) is 49.5 Å². The summed E-state index contributed by atoms with van der Waals surface area (Å²) in [5.41, 5.74) is 10.7. The lowest BCUT2D eigenvalue weighted by atomic mass is 10.0. The highest BCUT2D eigenvalue weighted by molar-refractivity contribution is 5.94. The van der Waals surface area contributed by atoms with Crippen LogP contribution in [0.2, 0.25) is 0 Å². The van der Waals surface area contributed by atoms with Crippen LogP contribution in [0.15, 0.2) is 55.0 Å². The molecule has 0 aliphatic heterocycles. The van der Waals surface area contributed by atoms with E-state index in [1.54, 1.807) is 12.4 Å². The molecule has 0 bridgehead atoms. The smallest absolute Gasteiger partial charge is 0.140 e. The van der Waals surface area contributed by atoms with Crippen molar-refractivity contribution < 1.29 is 0 Å². The predicted molar refractivity (Wildman–Crippen MR) is 100 cm³/mol. The van der Waals surface area contributed by atoms with Crippen LogP contribution in [-0.4, -0.2) is 19.9 Å². The van der Waals surface area contributed by atoms with Crippen LogP contribution < -0.4 is 11.1 Å². The molecular weight excluding hydrogens is 312 g/mol. The van der Waals surface area contributed by atoms with Crippen LogP contribution in [-0.2, 0) is 6.54 Å². The summed E-state index contributed by atoms with van der Waals surface area (Å²) in [5.74, 6) is 1.33. The number of nitrogen functional groups attached to an aromatic ring is 1. The van der Waals surface area contributed by atoms with Crippen LogP contribution >= 0.6 is 0 Å². The minimum atomic E-state index is 0.552. The van der Waals surface area contributed by atoms with Crippen LogP contribution in [0.4, 0.5) is 11.6 Å². The Balaban J connectivity index is 1.73. The summed E-state index contributed by atoms with van der Waals surface area (Å²) in [6.45, 7) is 2.57. The van der Waals surface area contributed by atoms with Crippen LogP contribution in [0, 0.1) is 6.92 Å². The van der Waals surface area contributed by atoms with Gasteiger partial charge in [0, 0.05) is 29.5 Å². The van der Waals surface area contributed by atoms with Gasteiger partial charge in [-0.05, 0) is 48.4 Å². The normalized spacial score (nSPS) is 10.9. The van der Waals surface area contributed by atoms with Crippen molar-refractivity contribution in [3.8, 4) is 11.1 Å². The van der Waals surface area contributed by atoms with Crippen molar-refractivity contribution in [1.29, 1.82) is 0 Å². The number of pyridine rings is 3. The third kappa shape index (κ3) is 3.01. The first-order valence-corrected chi connectivity index (χ1v) is 8.05. The largest absolute Gasteiger partial charge is 0.383 e. The topological polar surface area (TPSA) is 92.5 Å². The minimum absolute atomic E-state index is 0.552. The number of hydrogen-bond donors (Lipinski definition) is 3. The number of fused-ring (bicyclic) bond motifs is 1. The standard InChI is InChI=1S/C19H18N6/c1-12-8-13(10-24-18(12)20)16-9-17(25-19-15(16)5-7-22-19)23-11-14-4-2-3-6-21-14/h2-10H,11H2,1H3,(H2,20,24)(H2,22,23,25). The Kier molecular flexibility index (Phi) is 3.78. The van der Waals surface area contributed by atoms with Gasteiger partial charge in [0.15, 0.2) is 0 Å². The highest BCUT2D eigenvalue weighted by Gasteiger charge is 2.10. The van der Waals surface area contributed by atoms with Gasteiger partial charge in [-0.15, -0.1) is 0 Å². The summed E-state index contributed by atoms with van der Waals surface area (Å²) in [5, 5.41) is 4.39. The zero-order valence-electron chi connectivity index (χ0n) is 13.8. The molecule has 0 aliphatic rings. The van der Waals surface area contributed by atoms with E-state index < -0.39 is 0 Å². The van der Waals surface area contributed by atoms with Gasteiger partial charge in [0.2, 0.25) is 0 Å². The van der Waals surface area contributed by atoms with Crippen LogP contribution in [0.1, 0.15) is 11.3 Å². The van der Waals surface area contributed by atoms with Gasteiger partial charge in [0.05, 0.1) is 12.2 Å². The molecule has 6 heteroatoms. The van der Waals surface area contributed by atoms with Crippen molar-refractivity contribution in [3.63, 3.8) is 0 Å². The Morgan fingerprint density at radius 1 is 1.16 bits per heavy atom. The molecule has 0 unspecified atom stereocenters. The van der Waals surface area contributed by atoms with Gasteiger partial charge in [-0.3, -0.25) is 4.98 Å². The second kappa shape index (κ2) is 6.24. The lowest BCUT2D eigenvalue weighted by Gasteiger charge is -2.10. The van der Waals surface area contributed by atoms with Crippen molar-refractivity contribution >= 4 is 22.7 Å². The van der Waals surface area contributed by atoms with Gasteiger partial charge in [-0.1, -0.05) is 6.07 Å². The average Bonchev–Trinajstić information content (AvgIpc) is 3.11. The number of anilines is 2. The maximum Gasteiger partial charge on any atom is 0.140 e. The maximum absolute atomic E-state index is 5.85. The third-order valence-electron chi connectivity index (χ3n) is 4.14. The number of aryl methyl sites for hydroxylation is 1. The van der Waals surface area contributed by atoms with Crippen molar-refractivity contribution in [2.75, 3.05) is 11.1 Å². The maximum atomic E-state index is 5.85. The zero-order chi connectivity index (χ0) is 17.2. The van der Waals surface area contributed by atoms with Crippen molar-refractivity contribution in [3.05, 3.63) is 66.2 Å². The first kappa shape index (κ1) is 15.1. The highest BCUT2D eigenvalue weighted by atomic mass is 15.0. The van der Waals surface area contributed by atoms with Crippen LogP contribution in [0.25, 0.3) is 22.2 Å². The van der Waals surface area contributed by atoms with Crippen LogP contribution in [0.5, 0.6) is 0 Å². The molecule has 25 heavy (non-hydrogen) atoms. The summed E-state index contributed by atoms with van der Waals surface area (Å²) in [7, 11) is 0. The molecular formula is C19H18N6. The van der Waals surface area contributed by atoms with Gasteiger partial charge in [0.1, 0.15) is 17.3 Å². The van der Waals surface area contributed by atoms with E-state index in [9.17, 15) is 0 Å². The Labute approximate surface area is 145 Å². The summed E-state index contributed by atoms with van der Waals surface area (Å²) < 4.78 is 0. The van der Waals surface area contributed by atoms with Gasteiger partial charge >= 0.3 is 0 Å². The third-order valence-corrected chi connectivity index (χ3v) is 4.14. The van der Waals surface area contributed by atoms with E-state index in [4.69, 9.17) is 5.73 Å². The minimum Gasteiger partial charge on any atom is -0.383 e. The van der Waals surface area contributed by atoms with E-state index in [-0.39, 0.29) is 0 Å². The number of nitrogens with one attached hydrogen (secondary N) is 2. The number of nitrogens with two attached hydrogens (primary N) is 1. The molecule has 0 spiro atoms. The van der Waals surface area contributed by atoms with Gasteiger partial charge in [0.25, 0.3) is 0 Å². The van der Waals surface area contributed by atoms with E-state index >= 15 is 0 Å². The molecule has 0 amide bonds. The monoisotopic (exact) mass is 330 g/mol. The second-order valence-electron chi connectivity index (χ2n) is 5.90.